The van der Waals surface area contributed by atoms with E-state index in [2.05, 4.69) is 6.92 Å². The molecule has 5 nitrogen and oxygen atoms in total. The Morgan fingerprint density at radius 2 is 2.26 bits per heavy atom. The molecule has 1 fully saturated rings. The molecule has 0 radical (unpaired) electrons. The Bertz CT molecular complexity index is 467. The first-order valence-electron chi connectivity index (χ1n) is 6.64. The van der Waals surface area contributed by atoms with E-state index in [0.717, 1.165) is 25.9 Å². The minimum atomic E-state index is -0.453. The zero-order valence-electron chi connectivity index (χ0n) is 11.5. The van der Waals surface area contributed by atoms with Crippen LogP contribution >= 0.6 is 0 Å². The van der Waals surface area contributed by atoms with Gasteiger partial charge in [0.25, 0.3) is 5.91 Å². The van der Waals surface area contributed by atoms with Crippen LogP contribution in [0.2, 0.25) is 0 Å². The van der Waals surface area contributed by atoms with Gasteiger partial charge in [0, 0.05) is 26.3 Å². The lowest BCUT2D eigenvalue weighted by molar-refractivity contribution is -0.136. The molecule has 1 aliphatic rings. The van der Waals surface area contributed by atoms with Crippen LogP contribution in [0, 0.1) is 5.92 Å². The fourth-order valence-electron chi connectivity index (χ4n) is 2.38. The zero-order chi connectivity index (χ0) is 13.8. The highest BCUT2D eigenvalue weighted by Crippen LogP contribution is 2.15. The van der Waals surface area contributed by atoms with E-state index in [1.54, 1.807) is 34.8 Å². The quantitative estimate of drug-likeness (QED) is 0.776. The van der Waals surface area contributed by atoms with Gasteiger partial charge in [-0.05, 0) is 30.9 Å². The van der Waals surface area contributed by atoms with Crippen molar-refractivity contribution in [2.45, 2.75) is 19.8 Å². The van der Waals surface area contributed by atoms with Crippen LogP contribution in [-0.2, 0) is 16.6 Å². The van der Waals surface area contributed by atoms with E-state index in [4.69, 9.17) is 4.74 Å². The first-order valence-corrected chi connectivity index (χ1v) is 6.64. The summed E-state index contributed by atoms with van der Waals surface area (Å²) in [5.41, 5.74) is 0.458. The second-order valence-corrected chi connectivity index (χ2v) is 5.17. The third kappa shape index (κ3) is 3.36. The molecule has 1 aromatic heterocycles. The number of rotatable bonds is 3. The lowest BCUT2D eigenvalue weighted by atomic mass is 10.0. The summed E-state index contributed by atoms with van der Waals surface area (Å²) in [6.07, 6.45) is 3.95. The minimum Gasteiger partial charge on any atom is -0.451 e. The molecule has 0 N–H and O–H groups in total. The highest BCUT2D eigenvalue weighted by atomic mass is 16.5. The Balaban J connectivity index is 1.83. The maximum Gasteiger partial charge on any atom is 0.355 e. The van der Waals surface area contributed by atoms with Crippen molar-refractivity contribution in [1.82, 2.24) is 9.47 Å². The van der Waals surface area contributed by atoms with Crippen LogP contribution < -0.4 is 0 Å². The number of carbonyl (C=O) groups is 2. The molecular formula is C14H20N2O3. The topological polar surface area (TPSA) is 51.5 Å². The Labute approximate surface area is 113 Å². The number of hydrogen-bond donors (Lipinski definition) is 0. The molecule has 0 spiro atoms. The van der Waals surface area contributed by atoms with Crippen molar-refractivity contribution >= 4 is 11.9 Å². The van der Waals surface area contributed by atoms with Crippen molar-refractivity contribution in [3.8, 4) is 0 Å². The van der Waals surface area contributed by atoms with Gasteiger partial charge >= 0.3 is 5.97 Å². The Morgan fingerprint density at radius 1 is 1.47 bits per heavy atom. The molecular weight excluding hydrogens is 244 g/mol. The van der Waals surface area contributed by atoms with E-state index >= 15 is 0 Å². The highest BCUT2D eigenvalue weighted by molar-refractivity contribution is 5.89. The number of ether oxygens (including phenoxy) is 1. The summed E-state index contributed by atoms with van der Waals surface area (Å²) >= 11 is 0. The van der Waals surface area contributed by atoms with Gasteiger partial charge in [0.1, 0.15) is 5.69 Å². The lowest BCUT2D eigenvalue weighted by Crippen LogP contribution is -2.41. The van der Waals surface area contributed by atoms with Crippen LogP contribution in [0.5, 0.6) is 0 Å². The number of nitrogens with zero attached hydrogens (tertiary/aromatic N) is 2. The number of amides is 1. The molecule has 1 saturated heterocycles. The molecule has 1 aliphatic heterocycles. The molecule has 2 rings (SSSR count). The average Bonchev–Trinajstić information content (AvgIpc) is 2.82. The van der Waals surface area contributed by atoms with Crippen LogP contribution in [0.3, 0.4) is 0 Å². The second-order valence-electron chi connectivity index (χ2n) is 5.17. The Morgan fingerprint density at radius 3 is 2.89 bits per heavy atom. The van der Waals surface area contributed by atoms with E-state index in [-0.39, 0.29) is 12.5 Å². The molecule has 0 unspecified atom stereocenters. The first-order chi connectivity index (χ1) is 9.08. The molecule has 19 heavy (non-hydrogen) atoms. The van der Waals surface area contributed by atoms with Gasteiger partial charge in [-0.15, -0.1) is 0 Å². The summed E-state index contributed by atoms with van der Waals surface area (Å²) in [6.45, 7) is 3.50. The molecule has 1 aromatic rings. The molecule has 0 bridgehead atoms. The van der Waals surface area contributed by atoms with Crippen LogP contribution in [0.1, 0.15) is 30.3 Å². The van der Waals surface area contributed by atoms with Gasteiger partial charge in [0.2, 0.25) is 0 Å². The first kappa shape index (κ1) is 13.6. The molecule has 1 atom stereocenters. The monoisotopic (exact) mass is 264 g/mol. The summed E-state index contributed by atoms with van der Waals surface area (Å²) in [5, 5.41) is 0. The largest absolute Gasteiger partial charge is 0.451 e. The van der Waals surface area contributed by atoms with Crippen molar-refractivity contribution < 1.29 is 14.3 Å². The maximum absolute atomic E-state index is 11.9. The standard InChI is InChI=1S/C14H20N2O3/c1-11-5-3-8-16(9-11)13(17)10-19-14(18)12-6-4-7-15(12)2/h4,6-7,11H,3,5,8-10H2,1-2H3/t11-/m1/s1. The normalized spacial score (nSPS) is 19.3. The van der Waals surface area contributed by atoms with Crippen molar-refractivity contribution in [3.05, 3.63) is 24.0 Å². The number of likely N-dealkylation sites (tertiary alicyclic amines) is 1. The summed E-state index contributed by atoms with van der Waals surface area (Å²) in [5.74, 6) is -0.0266. The smallest absolute Gasteiger partial charge is 0.355 e. The molecule has 0 saturated carbocycles. The highest BCUT2D eigenvalue weighted by Gasteiger charge is 2.22. The molecule has 1 amide bonds. The van der Waals surface area contributed by atoms with E-state index in [1.165, 1.54) is 0 Å². The summed E-state index contributed by atoms with van der Waals surface area (Å²) < 4.78 is 6.74. The Hall–Kier alpha value is -1.78. The van der Waals surface area contributed by atoms with E-state index in [0.29, 0.717) is 11.6 Å². The summed E-state index contributed by atoms with van der Waals surface area (Å²) in [4.78, 5) is 25.5. The van der Waals surface area contributed by atoms with Gasteiger partial charge in [-0.2, -0.15) is 0 Å². The molecule has 0 aromatic carbocycles. The average molecular weight is 264 g/mol. The SMILES string of the molecule is C[C@@H]1CCCN(C(=O)COC(=O)c2cccn2C)C1. The van der Waals surface area contributed by atoms with Gasteiger partial charge in [-0.3, -0.25) is 4.79 Å². The van der Waals surface area contributed by atoms with E-state index in [9.17, 15) is 9.59 Å². The lowest BCUT2D eigenvalue weighted by Gasteiger charge is -2.30. The number of hydrogen-bond acceptors (Lipinski definition) is 3. The fraction of sp³-hybridized carbons (Fsp3) is 0.571. The minimum absolute atomic E-state index is 0.103. The maximum atomic E-state index is 11.9. The van der Waals surface area contributed by atoms with Crippen molar-refractivity contribution in [3.63, 3.8) is 0 Å². The van der Waals surface area contributed by atoms with Crippen molar-refractivity contribution in [2.75, 3.05) is 19.7 Å². The molecule has 0 aliphatic carbocycles. The predicted octanol–water partition coefficient (Wildman–Crippen LogP) is 1.44. The summed E-state index contributed by atoms with van der Waals surface area (Å²) in [7, 11) is 1.77. The zero-order valence-corrected chi connectivity index (χ0v) is 11.5. The molecule has 5 heteroatoms. The van der Waals surface area contributed by atoms with Gasteiger partial charge in [-0.1, -0.05) is 6.92 Å². The van der Waals surface area contributed by atoms with Crippen LogP contribution in [0.4, 0.5) is 0 Å². The van der Waals surface area contributed by atoms with Gasteiger partial charge in [0.05, 0.1) is 0 Å². The number of piperidine rings is 1. The number of esters is 1. The molecule has 104 valence electrons. The Kier molecular flexibility index (Phi) is 4.24. The van der Waals surface area contributed by atoms with Crippen molar-refractivity contribution in [1.29, 1.82) is 0 Å². The van der Waals surface area contributed by atoms with Crippen molar-refractivity contribution in [2.24, 2.45) is 13.0 Å². The van der Waals surface area contributed by atoms with Gasteiger partial charge in [-0.25, -0.2) is 4.79 Å². The third-order valence-corrected chi connectivity index (χ3v) is 3.49. The number of aromatic nitrogens is 1. The number of aryl methyl sites for hydroxylation is 1. The van der Waals surface area contributed by atoms with Gasteiger partial charge in [0.15, 0.2) is 6.61 Å². The number of carbonyl (C=O) groups excluding carboxylic acids is 2. The molecule has 2 heterocycles. The second kappa shape index (κ2) is 5.91. The van der Waals surface area contributed by atoms with Crippen LogP contribution in [0.15, 0.2) is 18.3 Å². The summed E-state index contributed by atoms with van der Waals surface area (Å²) in [6, 6.07) is 3.44. The fourth-order valence-corrected chi connectivity index (χ4v) is 2.38. The predicted molar refractivity (Wildman–Crippen MR) is 70.7 cm³/mol. The van der Waals surface area contributed by atoms with E-state index < -0.39 is 5.97 Å². The third-order valence-electron chi connectivity index (χ3n) is 3.49. The van der Waals surface area contributed by atoms with Crippen LogP contribution in [0.25, 0.3) is 0 Å². The van der Waals surface area contributed by atoms with Crippen LogP contribution in [-0.4, -0.2) is 41.0 Å². The van der Waals surface area contributed by atoms with Gasteiger partial charge < -0.3 is 14.2 Å². The van der Waals surface area contributed by atoms with E-state index in [1.807, 2.05) is 0 Å².